The largest absolute Gasteiger partial charge is 0.367 e. The Bertz CT molecular complexity index is 1110. The van der Waals surface area contributed by atoms with Gasteiger partial charge in [0.25, 0.3) is 0 Å². The number of rotatable bonds is 4. The molecule has 1 aliphatic heterocycles. The minimum Gasteiger partial charge on any atom is -0.367 e. The number of hydrogen-bond acceptors (Lipinski definition) is 5. The lowest BCUT2D eigenvalue weighted by molar-refractivity contribution is 0.0263. The van der Waals surface area contributed by atoms with Crippen LogP contribution in [-0.4, -0.2) is 31.8 Å². The molecule has 2 bridgehead atoms. The van der Waals surface area contributed by atoms with Crippen LogP contribution in [0.25, 0.3) is 11.4 Å². The first-order valence-electron chi connectivity index (χ1n) is 12.0. The molecular formula is C26H32N6. The summed E-state index contributed by atoms with van der Waals surface area (Å²) < 4.78 is 2.36. The highest BCUT2D eigenvalue weighted by Crippen LogP contribution is 2.52. The van der Waals surface area contributed by atoms with Crippen LogP contribution in [0.2, 0.25) is 0 Å². The molecule has 6 heteroatoms. The summed E-state index contributed by atoms with van der Waals surface area (Å²) in [5, 5.41) is 5.04. The van der Waals surface area contributed by atoms with Gasteiger partial charge in [-0.15, -0.1) is 0 Å². The lowest BCUT2D eigenvalue weighted by Gasteiger charge is -2.52. The molecule has 0 atom stereocenters. The van der Waals surface area contributed by atoms with Crippen LogP contribution in [0.15, 0.2) is 42.7 Å². The van der Waals surface area contributed by atoms with Crippen molar-refractivity contribution in [2.75, 3.05) is 11.4 Å². The Labute approximate surface area is 189 Å². The average molecular weight is 429 g/mol. The SMILES string of the molecule is Cc1nn(CC23CCC(N)(CC2)CC3)c2c1CN(c1ccnc(-c3ccccn3)c1)CC2. The van der Waals surface area contributed by atoms with Gasteiger partial charge in [-0.05, 0) is 75.1 Å². The molecule has 0 spiro atoms. The Balaban J connectivity index is 1.23. The molecule has 7 rings (SSSR count). The van der Waals surface area contributed by atoms with Crippen molar-refractivity contribution < 1.29 is 0 Å². The van der Waals surface area contributed by atoms with Gasteiger partial charge in [-0.2, -0.15) is 5.10 Å². The van der Waals surface area contributed by atoms with Crippen molar-refractivity contribution in [3.05, 3.63) is 59.7 Å². The number of aromatic nitrogens is 4. The zero-order valence-electron chi connectivity index (χ0n) is 18.9. The molecule has 4 heterocycles. The highest BCUT2D eigenvalue weighted by Gasteiger charge is 2.47. The van der Waals surface area contributed by atoms with Gasteiger partial charge < -0.3 is 10.6 Å². The molecule has 166 valence electrons. The molecule has 0 unspecified atom stereocenters. The first kappa shape index (κ1) is 19.9. The van der Waals surface area contributed by atoms with Crippen LogP contribution in [0.1, 0.15) is 55.5 Å². The second kappa shape index (κ2) is 7.41. The Kier molecular flexibility index (Phi) is 4.61. The van der Waals surface area contributed by atoms with Gasteiger partial charge in [0.15, 0.2) is 0 Å². The van der Waals surface area contributed by atoms with Crippen molar-refractivity contribution in [2.45, 2.75) is 70.5 Å². The van der Waals surface area contributed by atoms with Crippen LogP contribution < -0.4 is 10.6 Å². The molecule has 0 radical (unpaired) electrons. The number of fused-ring (bicyclic) bond motifs is 4. The van der Waals surface area contributed by atoms with Gasteiger partial charge in [-0.3, -0.25) is 14.6 Å². The van der Waals surface area contributed by atoms with Gasteiger partial charge in [0, 0.05) is 60.9 Å². The number of aryl methyl sites for hydroxylation is 1. The van der Waals surface area contributed by atoms with Crippen LogP contribution in [0.5, 0.6) is 0 Å². The summed E-state index contributed by atoms with van der Waals surface area (Å²) in [6.45, 7) is 5.15. The minimum atomic E-state index is 0.125. The summed E-state index contributed by atoms with van der Waals surface area (Å²) in [7, 11) is 0. The van der Waals surface area contributed by atoms with E-state index in [1.165, 1.54) is 61.2 Å². The standard InChI is InChI=1S/C26H32N6/c1-19-21-17-31(20-5-14-29-23(16-20)22-4-2-3-13-28-22)15-6-24(21)32(30-19)18-25-7-10-26(27,11-8-25)12-9-25/h2-5,13-14,16H,6-12,15,17-18,27H2,1H3. The van der Waals surface area contributed by atoms with Crippen LogP contribution in [0, 0.1) is 12.3 Å². The summed E-state index contributed by atoms with van der Waals surface area (Å²) in [5.41, 5.74) is 14.2. The van der Waals surface area contributed by atoms with Gasteiger partial charge in [0.05, 0.1) is 17.1 Å². The fourth-order valence-corrected chi connectivity index (χ4v) is 6.13. The topological polar surface area (TPSA) is 72.9 Å². The zero-order valence-corrected chi connectivity index (χ0v) is 18.9. The fraction of sp³-hybridized carbons (Fsp3) is 0.500. The van der Waals surface area contributed by atoms with Gasteiger partial charge in [-0.25, -0.2) is 0 Å². The molecule has 2 N–H and O–H groups in total. The van der Waals surface area contributed by atoms with E-state index in [0.29, 0.717) is 5.41 Å². The highest BCUT2D eigenvalue weighted by atomic mass is 15.3. The monoisotopic (exact) mass is 428 g/mol. The number of hydrogen-bond donors (Lipinski definition) is 1. The van der Waals surface area contributed by atoms with E-state index in [4.69, 9.17) is 10.8 Å². The summed E-state index contributed by atoms with van der Waals surface area (Å²) in [5.74, 6) is 0. The minimum absolute atomic E-state index is 0.125. The highest BCUT2D eigenvalue weighted by molar-refractivity contribution is 5.61. The van der Waals surface area contributed by atoms with Crippen LogP contribution >= 0.6 is 0 Å². The van der Waals surface area contributed by atoms with Gasteiger partial charge in [-0.1, -0.05) is 6.07 Å². The van der Waals surface area contributed by atoms with E-state index < -0.39 is 0 Å². The maximum Gasteiger partial charge on any atom is 0.0906 e. The number of pyridine rings is 2. The molecule has 0 amide bonds. The van der Waals surface area contributed by atoms with E-state index >= 15 is 0 Å². The molecule has 4 aliphatic rings. The molecule has 3 aliphatic carbocycles. The van der Waals surface area contributed by atoms with Gasteiger partial charge >= 0.3 is 0 Å². The Hall–Kier alpha value is -2.73. The number of anilines is 1. The molecule has 0 aromatic carbocycles. The summed E-state index contributed by atoms with van der Waals surface area (Å²) in [6.07, 6.45) is 12.1. The quantitative estimate of drug-likeness (QED) is 0.672. The third kappa shape index (κ3) is 3.41. The lowest BCUT2D eigenvalue weighted by atomic mass is 9.57. The molecule has 3 aromatic rings. The summed E-state index contributed by atoms with van der Waals surface area (Å²) in [4.78, 5) is 11.5. The van der Waals surface area contributed by atoms with E-state index in [0.717, 1.165) is 37.4 Å². The van der Waals surface area contributed by atoms with Crippen LogP contribution in [0.4, 0.5) is 5.69 Å². The van der Waals surface area contributed by atoms with E-state index in [1.54, 1.807) is 0 Å². The first-order valence-corrected chi connectivity index (χ1v) is 12.0. The predicted octanol–water partition coefficient (Wildman–Crippen LogP) is 4.26. The van der Waals surface area contributed by atoms with Gasteiger partial charge in [0.2, 0.25) is 0 Å². The van der Waals surface area contributed by atoms with Crippen molar-refractivity contribution in [1.29, 1.82) is 0 Å². The molecule has 32 heavy (non-hydrogen) atoms. The van der Waals surface area contributed by atoms with Crippen LogP contribution in [0.3, 0.4) is 0 Å². The van der Waals surface area contributed by atoms with Crippen molar-refractivity contribution >= 4 is 5.69 Å². The van der Waals surface area contributed by atoms with E-state index in [-0.39, 0.29) is 5.54 Å². The third-order valence-corrected chi connectivity index (χ3v) is 8.32. The molecule has 6 nitrogen and oxygen atoms in total. The Morgan fingerprint density at radius 1 is 0.969 bits per heavy atom. The third-order valence-electron chi connectivity index (χ3n) is 8.32. The molecule has 0 saturated heterocycles. The van der Waals surface area contributed by atoms with E-state index in [9.17, 15) is 0 Å². The maximum atomic E-state index is 6.55. The first-order chi connectivity index (χ1) is 15.5. The van der Waals surface area contributed by atoms with E-state index in [2.05, 4.69) is 38.6 Å². The van der Waals surface area contributed by atoms with Crippen molar-refractivity contribution in [3.8, 4) is 11.4 Å². The second-order valence-electron chi connectivity index (χ2n) is 10.3. The molecule has 3 saturated carbocycles. The summed E-state index contributed by atoms with van der Waals surface area (Å²) in [6, 6.07) is 10.2. The predicted molar refractivity (Wildman–Crippen MR) is 126 cm³/mol. The molecule has 3 fully saturated rings. The maximum absolute atomic E-state index is 6.55. The van der Waals surface area contributed by atoms with Crippen molar-refractivity contribution in [1.82, 2.24) is 19.7 Å². The van der Waals surface area contributed by atoms with E-state index in [1.807, 2.05) is 30.6 Å². The lowest BCUT2D eigenvalue weighted by Crippen LogP contribution is -2.53. The van der Waals surface area contributed by atoms with Crippen molar-refractivity contribution in [2.24, 2.45) is 11.1 Å². The summed E-state index contributed by atoms with van der Waals surface area (Å²) >= 11 is 0. The zero-order chi connectivity index (χ0) is 21.8. The second-order valence-corrected chi connectivity index (χ2v) is 10.3. The Morgan fingerprint density at radius 3 is 2.50 bits per heavy atom. The number of nitrogens with two attached hydrogens (primary N) is 1. The van der Waals surface area contributed by atoms with Gasteiger partial charge in [0.1, 0.15) is 0 Å². The molecule has 3 aromatic heterocycles. The normalized spacial score (nSPS) is 26.9. The molecular weight excluding hydrogens is 396 g/mol. The smallest absolute Gasteiger partial charge is 0.0906 e. The van der Waals surface area contributed by atoms with Crippen LogP contribution in [-0.2, 0) is 19.5 Å². The fourth-order valence-electron chi connectivity index (χ4n) is 6.13. The Morgan fingerprint density at radius 2 is 1.75 bits per heavy atom. The number of nitrogens with zero attached hydrogens (tertiary/aromatic N) is 5. The van der Waals surface area contributed by atoms with Crippen molar-refractivity contribution in [3.63, 3.8) is 0 Å². The average Bonchev–Trinajstić information content (AvgIpc) is 3.15.